The number of aromatic nitrogens is 3. The quantitative estimate of drug-likeness (QED) is 0.870. The van der Waals surface area contributed by atoms with Gasteiger partial charge in [0, 0.05) is 17.3 Å². The average molecular weight is 309 g/mol. The maximum absolute atomic E-state index is 12.6. The van der Waals surface area contributed by atoms with Gasteiger partial charge in [-0.3, -0.25) is 0 Å². The number of aryl methyl sites for hydroxylation is 2. The Bertz CT molecular complexity index is 641. The molecule has 0 saturated carbocycles. The highest BCUT2D eigenvalue weighted by molar-refractivity contribution is 6.31. The summed E-state index contributed by atoms with van der Waals surface area (Å²) in [4.78, 5) is 6.54. The fraction of sp³-hybridized carbons (Fsp3) is 0.467. The van der Waals surface area contributed by atoms with Gasteiger partial charge in [0.2, 0.25) is 0 Å². The molecule has 0 atom stereocenters. The number of nitrogens with zero attached hydrogens (tertiary/aromatic N) is 4. The minimum absolute atomic E-state index is 0.255. The topological polar surface area (TPSA) is 34.0 Å². The highest BCUT2D eigenvalue weighted by atomic mass is 35.5. The molecule has 2 heterocycles. The lowest BCUT2D eigenvalue weighted by atomic mass is 9.98. The summed E-state index contributed by atoms with van der Waals surface area (Å²) in [6.45, 7) is 3.46. The van der Waals surface area contributed by atoms with Crippen LogP contribution in [0.2, 0.25) is 5.02 Å². The second-order valence-corrected chi connectivity index (χ2v) is 5.70. The first-order valence-corrected chi connectivity index (χ1v) is 7.54. The van der Waals surface area contributed by atoms with Crippen LogP contribution in [0, 0.1) is 6.92 Å². The van der Waals surface area contributed by atoms with Gasteiger partial charge >= 0.3 is 0 Å². The maximum atomic E-state index is 12.6. The molecule has 0 spiro atoms. The molecule has 0 aliphatic carbocycles. The number of halogens is 2. The zero-order valence-corrected chi connectivity index (χ0v) is 12.8. The molecule has 6 heteroatoms. The number of benzene rings is 1. The zero-order valence-electron chi connectivity index (χ0n) is 12.0. The molecule has 1 aliphatic rings. The largest absolute Gasteiger partial charge is 0.364 e. The summed E-state index contributed by atoms with van der Waals surface area (Å²) in [5.41, 5.74) is 3.62. The molecule has 1 aromatic heterocycles. The molecule has 0 radical (unpaired) electrons. The van der Waals surface area contributed by atoms with E-state index in [1.807, 2.05) is 13.0 Å². The van der Waals surface area contributed by atoms with Gasteiger partial charge in [0.15, 0.2) is 0 Å². The Morgan fingerprint density at radius 2 is 2.24 bits per heavy atom. The third kappa shape index (κ3) is 2.75. The van der Waals surface area contributed by atoms with Gasteiger partial charge in [-0.25, -0.2) is 14.1 Å². The van der Waals surface area contributed by atoms with Crippen LogP contribution in [0.3, 0.4) is 0 Å². The molecule has 1 aliphatic heterocycles. The molecule has 3 rings (SSSR count). The number of hydrogen-bond acceptors (Lipinski definition) is 3. The van der Waals surface area contributed by atoms with E-state index < -0.39 is 6.67 Å². The Morgan fingerprint density at radius 3 is 3.05 bits per heavy atom. The Morgan fingerprint density at radius 1 is 1.38 bits per heavy atom. The van der Waals surface area contributed by atoms with Crippen LogP contribution in [0.4, 0.5) is 10.1 Å². The Balaban J connectivity index is 1.91. The Hall–Kier alpha value is -1.62. The first-order valence-electron chi connectivity index (χ1n) is 7.16. The molecule has 0 unspecified atom stereocenters. The molecule has 0 bridgehead atoms. The number of anilines is 1. The van der Waals surface area contributed by atoms with Gasteiger partial charge < -0.3 is 4.90 Å². The van der Waals surface area contributed by atoms with E-state index >= 15 is 0 Å². The van der Waals surface area contributed by atoms with E-state index in [1.54, 1.807) is 4.68 Å². The summed E-state index contributed by atoms with van der Waals surface area (Å²) < 4.78 is 14.2. The van der Waals surface area contributed by atoms with E-state index in [1.165, 1.54) is 17.6 Å². The molecule has 0 saturated heterocycles. The van der Waals surface area contributed by atoms with Crippen molar-refractivity contribution >= 4 is 17.3 Å². The number of fused-ring (bicyclic) bond motifs is 1. The third-order valence-corrected chi connectivity index (χ3v) is 4.37. The third-order valence-electron chi connectivity index (χ3n) is 3.96. The molecular weight excluding hydrogens is 291 g/mol. The van der Waals surface area contributed by atoms with Crippen LogP contribution in [0.5, 0.6) is 0 Å². The lowest BCUT2D eigenvalue weighted by Gasteiger charge is -2.32. The van der Waals surface area contributed by atoms with Gasteiger partial charge in [-0.2, -0.15) is 5.10 Å². The first-order chi connectivity index (χ1) is 10.2. The molecule has 4 nitrogen and oxygen atoms in total. The second-order valence-electron chi connectivity index (χ2n) is 5.29. The minimum atomic E-state index is -0.433. The first kappa shape index (κ1) is 14.3. The van der Waals surface area contributed by atoms with Crippen LogP contribution in [0.1, 0.15) is 23.4 Å². The fourth-order valence-corrected chi connectivity index (χ4v) is 3.10. The summed E-state index contributed by atoms with van der Waals surface area (Å²) in [5, 5.41) is 4.86. The lowest BCUT2D eigenvalue weighted by Crippen LogP contribution is -2.31. The smallest absolute Gasteiger partial charge is 0.146 e. The molecule has 2 aromatic rings. The number of alkyl halides is 1. The van der Waals surface area contributed by atoms with Gasteiger partial charge in [-0.05, 0) is 37.0 Å². The molecular formula is C15H18ClFN4. The van der Waals surface area contributed by atoms with Crippen molar-refractivity contribution in [3.8, 4) is 0 Å². The van der Waals surface area contributed by atoms with E-state index in [0.717, 1.165) is 35.8 Å². The molecule has 112 valence electrons. The van der Waals surface area contributed by atoms with Crippen molar-refractivity contribution in [2.45, 2.75) is 32.9 Å². The summed E-state index contributed by atoms with van der Waals surface area (Å²) in [6.07, 6.45) is 3.66. The van der Waals surface area contributed by atoms with Gasteiger partial charge in [0.05, 0.1) is 13.1 Å². The molecule has 1 aromatic carbocycles. The van der Waals surface area contributed by atoms with Crippen molar-refractivity contribution < 1.29 is 4.39 Å². The molecule has 0 fully saturated rings. The van der Waals surface area contributed by atoms with Crippen molar-refractivity contribution in [3.05, 3.63) is 40.4 Å². The van der Waals surface area contributed by atoms with Gasteiger partial charge in [0.1, 0.15) is 18.8 Å². The summed E-state index contributed by atoms with van der Waals surface area (Å²) >= 11 is 6.26. The Labute approximate surface area is 128 Å². The van der Waals surface area contributed by atoms with Gasteiger partial charge in [0.25, 0.3) is 0 Å². The number of hydrogen-bond donors (Lipinski definition) is 0. The molecule has 21 heavy (non-hydrogen) atoms. The van der Waals surface area contributed by atoms with Crippen LogP contribution < -0.4 is 4.90 Å². The highest BCUT2D eigenvalue weighted by Crippen LogP contribution is 2.35. The fourth-order valence-electron chi connectivity index (χ4n) is 2.95. The average Bonchev–Trinajstić information content (AvgIpc) is 2.91. The van der Waals surface area contributed by atoms with E-state index in [4.69, 9.17) is 11.6 Å². The van der Waals surface area contributed by atoms with Gasteiger partial charge in [-0.15, -0.1) is 0 Å². The second kappa shape index (κ2) is 6.02. The monoisotopic (exact) mass is 308 g/mol. The van der Waals surface area contributed by atoms with Crippen LogP contribution in [-0.2, 0) is 19.5 Å². The normalized spacial score (nSPS) is 14.3. The lowest BCUT2D eigenvalue weighted by molar-refractivity contribution is 0.417. The molecule has 0 N–H and O–H groups in total. The van der Waals surface area contributed by atoms with Crippen molar-refractivity contribution in [2.75, 3.05) is 18.1 Å². The van der Waals surface area contributed by atoms with E-state index in [2.05, 4.69) is 21.0 Å². The van der Waals surface area contributed by atoms with Crippen LogP contribution >= 0.6 is 11.6 Å². The molecule has 0 amide bonds. The van der Waals surface area contributed by atoms with Crippen molar-refractivity contribution in [2.24, 2.45) is 0 Å². The van der Waals surface area contributed by atoms with E-state index in [9.17, 15) is 4.39 Å². The highest BCUT2D eigenvalue weighted by Gasteiger charge is 2.21. The summed E-state index contributed by atoms with van der Waals surface area (Å²) in [7, 11) is 0. The SMILES string of the molecule is Cc1c(Cl)ccc2c1N(Cc1ncnn1CCF)CCC2. The van der Waals surface area contributed by atoms with Crippen LogP contribution in [-0.4, -0.2) is 28.0 Å². The predicted octanol–water partition coefficient (Wildman–Crippen LogP) is 3.16. The zero-order chi connectivity index (χ0) is 14.8. The van der Waals surface area contributed by atoms with E-state index in [-0.39, 0.29) is 6.54 Å². The van der Waals surface area contributed by atoms with Crippen molar-refractivity contribution in [1.82, 2.24) is 14.8 Å². The predicted molar refractivity (Wildman–Crippen MR) is 81.6 cm³/mol. The van der Waals surface area contributed by atoms with Crippen LogP contribution in [0.25, 0.3) is 0 Å². The summed E-state index contributed by atoms with van der Waals surface area (Å²) in [6, 6.07) is 4.06. The van der Waals surface area contributed by atoms with Crippen molar-refractivity contribution in [3.63, 3.8) is 0 Å². The Kier molecular flexibility index (Phi) is 4.10. The standard InChI is InChI=1S/C15H18ClFN4/c1-11-13(16)5-4-12-3-2-7-20(15(11)12)9-14-18-10-19-21(14)8-6-17/h4-5,10H,2-3,6-9H2,1H3. The number of rotatable bonds is 4. The maximum Gasteiger partial charge on any atom is 0.146 e. The van der Waals surface area contributed by atoms with Crippen molar-refractivity contribution in [1.29, 1.82) is 0 Å². The minimum Gasteiger partial charge on any atom is -0.364 e. The van der Waals surface area contributed by atoms with Crippen LogP contribution in [0.15, 0.2) is 18.5 Å². The van der Waals surface area contributed by atoms with E-state index in [0.29, 0.717) is 6.54 Å². The summed E-state index contributed by atoms with van der Waals surface area (Å²) in [5.74, 6) is 0.792. The van der Waals surface area contributed by atoms with Gasteiger partial charge in [-0.1, -0.05) is 17.7 Å².